The van der Waals surface area contributed by atoms with E-state index in [-0.39, 0.29) is 5.75 Å². The second kappa shape index (κ2) is 10.3. The van der Waals surface area contributed by atoms with E-state index in [0.717, 1.165) is 24.3 Å². The minimum Gasteiger partial charge on any atom is -0.359 e. The molecule has 0 aromatic carbocycles. The van der Waals surface area contributed by atoms with Crippen molar-refractivity contribution in [1.82, 2.24) is 20.5 Å². The molecule has 0 atom stereocenters. The number of nitrogens with one attached hydrogen (secondary N) is 3. The number of rotatable bonds is 10. The first-order chi connectivity index (χ1) is 11.5. The van der Waals surface area contributed by atoms with Gasteiger partial charge in [0.05, 0.1) is 18.0 Å². The van der Waals surface area contributed by atoms with Crippen molar-refractivity contribution >= 4 is 16.0 Å². The zero-order valence-electron chi connectivity index (χ0n) is 14.9. The van der Waals surface area contributed by atoms with Crippen molar-refractivity contribution in [2.75, 3.05) is 25.9 Å². The lowest BCUT2D eigenvalue weighted by Gasteiger charge is -2.11. The molecule has 9 heteroatoms. The van der Waals surface area contributed by atoms with E-state index in [9.17, 15) is 8.42 Å². The summed E-state index contributed by atoms with van der Waals surface area (Å²) in [6.07, 6.45) is 2.07. The third-order valence-corrected chi connectivity index (χ3v) is 5.16. The summed E-state index contributed by atoms with van der Waals surface area (Å²) in [7, 11) is -1.51. The van der Waals surface area contributed by atoms with Crippen LogP contribution in [0, 0.1) is 0 Å². The Kier molecular flexibility index (Phi) is 8.77. The van der Waals surface area contributed by atoms with Crippen LogP contribution in [-0.2, 0) is 16.6 Å². The van der Waals surface area contributed by atoms with Crippen LogP contribution in [-0.4, -0.2) is 45.4 Å². The Morgan fingerprint density at radius 2 is 1.96 bits per heavy atom. The quantitative estimate of drug-likeness (QED) is 0.329. The van der Waals surface area contributed by atoms with E-state index in [1.807, 2.05) is 6.07 Å². The predicted molar refractivity (Wildman–Crippen MR) is 95.5 cm³/mol. The molecule has 0 saturated heterocycles. The predicted octanol–water partition coefficient (Wildman–Crippen LogP) is 1.18. The van der Waals surface area contributed by atoms with Gasteiger partial charge in [-0.15, -0.1) is 0 Å². The van der Waals surface area contributed by atoms with E-state index in [0.29, 0.717) is 31.5 Å². The lowest BCUT2D eigenvalue weighted by Crippen LogP contribution is -2.41. The highest BCUT2D eigenvalue weighted by molar-refractivity contribution is 7.89. The van der Waals surface area contributed by atoms with Gasteiger partial charge in [-0.3, -0.25) is 4.99 Å². The van der Waals surface area contributed by atoms with Crippen LogP contribution in [0.4, 0.5) is 0 Å². The number of nitrogens with zero attached hydrogens (tertiary/aromatic N) is 2. The molecule has 0 aliphatic heterocycles. The van der Waals surface area contributed by atoms with Crippen molar-refractivity contribution in [3.05, 3.63) is 17.5 Å². The maximum Gasteiger partial charge on any atom is 0.211 e. The summed E-state index contributed by atoms with van der Waals surface area (Å²) in [5.41, 5.74) is 0.980. The number of hydrogen-bond acceptors (Lipinski definition) is 5. The van der Waals surface area contributed by atoms with E-state index in [4.69, 9.17) is 4.52 Å². The Bertz CT molecular complexity index is 608. The molecule has 0 aliphatic rings. The van der Waals surface area contributed by atoms with Crippen molar-refractivity contribution in [3.63, 3.8) is 0 Å². The number of aliphatic imine (C=N–C) groups is 1. The van der Waals surface area contributed by atoms with Gasteiger partial charge in [-0.05, 0) is 19.8 Å². The molecule has 0 radical (unpaired) electrons. The lowest BCUT2D eigenvalue weighted by molar-refractivity contribution is 0.368. The van der Waals surface area contributed by atoms with Crippen LogP contribution < -0.4 is 15.4 Å². The fourth-order valence-electron chi connectivity index (χ4n) is 2.19. The van der Waals surface area contributed by atoms with Crippen molar-refractivity contribution in [3.8, 4) is 0 Å². The third kappa shape index (κ3) is 6.88. The van der Waals surface area contributed by atoms with Crippen LogP contribution >= 0.6 is 0 Å². The van der Waals surface area contributed by atoms with Crippen molar-refractivity contribution in [2.45, 2.75) is 46.1 Å². The zero-order valence-corrected chi connectivity index (χ0v) is 15.7. The van der Waals surface area contributed by atoms with Gasteiger partial charge < -0.3 is 15.2 Å². The molecule has 24 heavy (non-hydrogen) atoms. The SMILES string of the molecule is CCC(CC)c1cc(CNC(=NC)NCCNS(=O)(=O)CC)on1. The molecule has 1 rings (SSSR count). The van der Waals surface area contributed by atoms with Gasteiger partial charge in [-0.25, -0.2) is 13.1 Å². The van der Waals surface area contributed by atoms with Crippen LogP contribution in [0.1, 0.15) is 51.0 Å². The van der Waals surface area contributed by atoms with Gasteiger partial charge in [0.2, 0.25) is 10.0 Å². The Balaban J connectivity index is 2.39. The van der Waals surface area contributed by atoms with Crippen LogP contribution in [0.25, 0.3) is 0 Å². The topological polar surface area (TPSA) is 109 Å². The smallest absolute Gasteiger partial charge is 0.211 e. The zero-order chi connectivity index (χ0) is 18.0. The molecule has 1 aromatic heterocycles. The normalized spacial score (nSPS) is 12.6. The highest BCUT2D eigenvalue weighted by atomic mass is 32.2. The molecule has 0 unspecified atom stereocenters. The highest BCUT2D eigenvalue weighted by Crippen LogP contribution is 2.22. The first-order valence-corrected chi connectivity index (χ1v) is 9.98. The van der Waals surface area contributed by atoms with E-state index in [1.54, 1.807) is 14.0 Å². The Morgan fingerprint density at radius 1 is 1.25 bits per heavy atom. The van der Waals surface area contributed by atoms with Crippen LogP contribution in [0.15, 0.2) is 15.6 Å². The van der Waals surface area contributed by atoms with Crippen LogP contribution in [0.3, 0.4) is 0 Å². The minimum atomic E-state index is -3.16. The van der Waals surface area contributed by atoms with Crippen LogP contribution in [0.2, 0.25) is 0 Å². The van der Waals surface area contributed by atoms with Gasteiger partial charge in [0.1, 0.15) is 0 Å². The van der Waals surface area contributed by atoms with Crippen molar-refractivity contribution < 1.29 is 12.9 Å². The minimum absolute atomic E-state index is 0.0737. The van der Waals surface area contributed by atoms with Gasteiger partial charge in [0.25, 0.3) is 0 Å². The summed E-state index contributed by atoms with van der Waals surface area (Å²) in [6.45, 7) is 7.09. The van der Waals surface area contributed by atoms with E-state index < -0.39 is 10.0 Å². The molecule has 0 amide bonds. The first-order valence-electron chi connectivity index (χ1n) is 8.33. The van der Waals surface area contributed by atoms with Gasteiger partial charge in [-0.2, -0.15) is 0 Å². The average Bonchev–Trinajstić information content (AvgIpc) is 3.04. The Morgan fingerprint density at radius 3 is 2.54 bits per heavy atom. The molecule has 1 heterocycles. The molecule has 3 N–H and O–H groups in total. The highest BCUT2D eigenvalue weighted by Gasteiger charge is 2.13. The van der Waals surface area contributed by atoms with E-state index in [2.05, 4.69) is 39.4 Å². The van der Waals surface area contributed by atoms with E-state index >= 15 is 0 Å². The number of hydrogen-bond donors (Lipinski definition) is 3. The number of aromatic nitrogens is 1. The second-order valence-corrected chi connectivity index (χ2v) is 7.48. The van der Waals surface area contributed by atoms with Crippen LogP contribution in [0.5, 0.6) is 0 Å². The summed E-state index contributed by atoms with van der Waals surface area (Å²) >= 11 is 0. The number of guanidine groups is 1. The number of sulfonamides is 1. The fourth-order valence-corrected chi connectivity index (χ4v) is 2.81. The molecule has 0 spiro atoms. The van der Waals surface area contributed by atoms with Gasteiger partial charge in [0, 0.05) is 32.1 Å². The summed E-state index contributed by atoms with van der Waals surface area (Å²) in [6, 6.07) is 1.97. The Labute approximate surface area is 144 Å². The summed E-state index contributed by atoms with van der Waals surface area (Å²) < 4.78 is 30.5. The van der Waals surface area contributed by atoms with E-state index in [1.165, 1.54) is 0 Å². The molecule has 0 saturated carbocycles. The first kappa shape index (κ1) is 20.4. The lowest BCUT2D eigenvalue weighted by atomic mass is 9.99. The molecule has 0 aliphatic carbocycles. The monoisotopic (exact) mass is 359 g/mol. The second-order valence-electron chi connectivity index (χ2n) is 5.38. The van der Waals surface area contributed by atoms with Gasteiger partial charge in [0.15, 0.2) is 11.7 Å². The molecule has 0 bridgehead atoms. The molecular formula is C15H29N5O3S. The van der Waals surface area contributed by atoms with Crippen molar-refractivity contribution in [2.24, 2.45) is 4.99 Å². The van der Waals surface area contributed by atoms with Crippen molar-refractivity contribution in [1.29, 1.82) is 0 Å². The molecule has 0 fully saturated rings. The average molecular weight is 359 g/mol. The maximum atomic E-state index is 11.3. The third-order valence-electron chi connectivity index (χ3n) is 3.75. The van der Waals surface area contributed by atoms with Gasteiger partial charge in [-0.1, -0.05) is 19.0 Å². The molecule has 138 valence electrons. The summed E-state index contributed by atoms with van der Waals surface area (Å²) in [5.74, 6) is 1.81. The molecule has 1 aromatic rings. The Hall–Kier alpha value is -1.61. The maximum absolute atomic E-state index is 11.3. The summed E-state index contributed by atoms with van der Waals surface area (Å²) in [4.78, 5) is 4.09. The molecule has 8 nitrogen and oxygen atoms in total. The molecular weight excluding hydrogens is 330 g/mol. The summed E-state index contributed by atoms with van der Waals surface area (Å²) in [5, 5.41) is 10.3. The largest absolute Gasteiger partial charge is 0.359 e. The standard InChI is InChI=1S/C15H29N5O3S/c1-5-12(6-2)14-10-13(23-20-14)11-18-15(16-4)17-8-9-19-24(21,22)7-3/h10,12,19H,5-9,11H2,1-4H3,(H2,16,17,18). The van der Waals surface area contributed by atoms with Gasteiger partial charge >= 0.3 is 0 Å². The fraction of sp³-hybridized carbons (Fsp3) is 0.733.